The summed E-state index contributed by atoms with van der Waals surface area (Å²) in [5, 5.41) is 6.88. The Morgan fingerprint density at radius 1 is 1.36 bits per heavy atom. The molecule has 0 amide bonds. The molecular formula is C11H24N2O. The van der Waals surface area contributed by atoms with Crippen molar-refractivity contribution < 1.29 is 4.74 Å². The second kappa shape index (κ2) is 8.21. The summed E-state index contributed by atoms with van der Waals surface area (Å²) in [5.74, 6) is 0. The minimum absolute atomic E-state index is 0.700. The lowest BCUT2D eigenvalue weighted by atomic mass is 10.2. The van der Waals surface area contributed by atoms with E-state index < -0.39 is 0 Å². The van der Waals surface area contributed by atoms with Crippen molar-refractivity contribution in [1.82, 2.24) is 10.6 Å². The van der Waals surface area contributed by atoms with Crippen LogP contribution in [0.3, 0.4) is 0 Å². The van der Waals surface area contributed by atoms with Gasteiger partial charge >= 0.3 is 0 Å². The van der Waals surface area contributed by atoms with Crippen LogP contribution in [0.1, 0.15) is 32.6 Å². The van der Waals surface area contributed by atoms with E-state index in [1.165, 1.54) is 25.8 Å². The smallest absolute Gasteiger partial charge is 0.0478 e. The van der Waals surface area contributed by atoms with Gasteiger partial charge in [-0.3, -0.25) is 0 Å². The van der Waals surface area contributed by atoms with Gasteiger partial charge in [-0.15, -0.1) is 0 Å². The van der Waals surface area contributed by atoms with Gasteiger partial charge in [0.05, 0.1) is 0 Å². The quantitative estimate of drug-likeness (QED) is 0.577. The number of ether oxygens (including phenoxy) is 1. The Balaban J connectivity index is 1.75. The number of nitrogens with one attached hydrogen (secondary N) is 2. The summed E-state index contributed by atoms with van der Waals surface area (Å²) in [6.07, 6.45) is 4.84. The lowest BCUT2D eigenvalue weighted by Crippen LogP contribution is -2.32. The van der Waals surface area contributed by atoms with E-state index in [-0.39, 0.29) is 0 Å². The second-order valence-electron chi connectivity index (χ2n) is 3.96. The Kier molecular flexibility index (Phi) is 7.01. The molecule has 1 fully saturated rings. The highest BCUT2D eigenvalue weighted by Crippen LogP contribution is 1.96. The van der Waals surface area contributed by atoms with Crippen LogP contribution in [0.2, 0.25) is 0 Å². The van der Waals surface area contributed by atoms with Crippen molar-refractivity contribution in [1.29, 1.82) is 0 Å². The first-order valence-corrected chi connectivity index (χ1v) is 5.95. The van der Waals surface area contributed by atoms with Crippen molar-refractivity contribution >= 4 is 0 Å². The molecule has 2 N–H and O–H groups in total. The molecule has 1 aliphatic rings. The van der Waals surface area contributed by atoms with Gasteiger partial charge in [0, 0.05) is 25.8 Å². The fourth-order valence-electron chi connectivity index (χ4n) is 1.66. The lowest BCUT2D eigenvalue weighted by molar-refractivity contribution is 0.128. The molecule has 0 radical (unpaired) electrons. The van der Waals surface area contributed by atoms with E-state index in [4.69, 9.17) is 4.74 Å². The van der Waals surface area contributed by atoms with Gasteiger partial charge in [0.1, 0.15) is 0 Å². The second-order valence-corrected chi connectivity index (χ2v) is 3.96. The molecule has 1 heterocycles. The molecule has 3 nitrogen and oxygen atoms in total. The van der Waals surface area contributed by atoms with Crippen molar-refractivity contribution in [2.24, 2.45) is 0 Å². The van der Waals surface area contributed by atoms with E-state index in [2.05, 4.69) is 17.6 Å². The molecule has 1 aliphatic heterocycles. The zero-order chi connectivity index (χ0) is 10.1. The number of hydrogen-bond donors (Lipinski definition) is 2. The standard InChI is InChI=1S/C11H24N2O/c1-2-3-8-14-9-4-6-13-11-5-7-12-10-11/h11-13H,2-10H2,1H3. The molecular weight excluding hydrogens is 176 g/mol. The van der Waals surface area contributed by atoms with Gasteiger partial charge in [0.15, 0.2) is 0 Å². The van der Waals surface area contributed by atoms with Crippen molar-refractivity contribution in [3.63, 3.8) is 0 Å². The van der Waals surface area contributed by atoms with E-state index >= 15 is 0 Å². The summed E-state index contributed by atoms with van der Waals surface area (Å²) in [7, 11) is 0. The van der Waals surface area contributed by atoms with Gasteiger partial charge < -0.3 is 15.4 Å². The van der Waals surface area contributed by atoms with Crippen LogP contribution < -0.4 is 10.6 Å². The predicted octanol–water partition coefficient (Wildman–Crippen LogP) is 1.14. The topological polar surface area (TPSA) is 33.3 Å². The van der Waals surface area contributed by atoms with Crippen LogP contribution in [0.5, 0.6) is 0 Å². The zero-order valence-electron chi connectivity index (χ0n) is 9.35. The summed E-state index contributed by atoms with van der Waals surface area (Å²) in [4.78, 5) is 0. The van der Waals surface area contributed by atoms with E-state index in [0.717, 1.165) is 32.7 Å². The normalized spacial score (nSPS) is 21.6. The average Bonchev–Trinajstić information content (AvgIpc) is 2.69. The zero-order valence-corrected chi connectivity index (χ0v) is 9.35. The van der Waals surface area contributed by atoms with E-state index in [1.807, 2.05) is 0 Å². The molecule has 0 bridgehead atoms. The number of rotatable bonds is 8. The van der Waals surface area contributed by atoms with E-state index in [9.17, 15) is 0 Å². The maximum atomic E-state index is 5.48. The van der Waals surface area contributed by atoms with Crippen LogP contribution in [0.15, 0.2) is 0 Å². The third-order valence-electron chi connectivity index (χ3n) is 2.60. The molecule has 14 heavy (non-hydrogen) atoms. The largest absolute Gasteiger partial charge is 0.381 e. The van der Waals surface area contributed by atoms with Gasteiger partial charge in [-0.2, -0.15) is 0 Å². The van der Waals surface area contributed by atoms with Crippen molar-refractivity contribution in [3.8, 4) is 0 Å². The minimum atomic E-state index is 0.700. The van der Waals surface area contributed by atoms with Gasteiger partial charge in [0.2, 0.25) is 0 Å². The van der Waals surface area contributed by atoms with Gasteiger partial charge in [-0.25, -0.2) is 0 Å². The van der Waals surface area contributed by atoms with Crippen LogP contribution in [0.25, 0.3) is 0 Å². The molecule has 0 aromatic carbocycles. The molecule has 1 rings (SSSR count). The third kappa shape index (κ3) is 5.58. The number of hydrogen-bond acceptors (Lipinski definition) is 3. The van der Waals surface area contributed by atoms with Gasteiger partial charge in [-0.05, 0) is 32.4 Å². The van der Waals surface area contributed by atoms with Crippen LogP contribution in [0.4, 0.5) is 0 Å². The minimum Gasteiger partial charge on any atom is -0.381 e. The molecule has 1 unspecified atom stereocenters. The fraction of sp³-hybridized carbons (Fsp3) is 1.00. The first-order valence-electron chi connectivity index (χ1n) is 5.95. The van der Waals surface area contributed by atoms with Crippen molar-refractivity contribution in [3.05, 3.63) is 0 Å². The Labute approximate surface area is 87.6 Å². The number of unbranched alkanes of at least 4 members (excludes halogenated alkanes) is 1. The molecule has 0 aliphatic carbocycles. The molecule has 1 saturated heterocycles. The molecule has 1 atom stereocenters. The predicted molar refractivity (Wildman–Crippen MR) is 59.6 cm³/mol. The van der Waals surface area contributed by atoms with Crippen LogP contribution in [-0.4, -0.2) is 38.9 Å². The highest BCUT2D eigenvalue weighted by Gasteiger charge is 2.12. The highest BCUT2D eigenvalue weighted by atomic mass is 16.5. The van der Waals surface area contributed by atoms with Crippen LogP contribution in [0, 0.1) is 0 Å². The van der Waals surface area contributed by atoms with Gasteiger partial charge in [-0.1, -0.05) is 13.3 Å². The first kappa shape index (κ1) is 12.0. The third-order valence-corrected chi connectivity index (χ3v) is 2.60. The van der Waals surface area contributed by atoms with Crippen molar-refractivity contribution in [2.75, 3.05) is 32.8 Å². The van der Waals surface area contributed by atoms with Crippen LogP contribution >= 0.6 is 0 Å². The summed E-state index contributed by atoms with van der Waals surface area (Å²) in [6.45, 7) is 7.44. The van der Waals surface area contributed by atoms with Crippen molar-refractivity contribution in [2.45, 2.75) is 38.6 Å². The average molecular weight is 200 g/mol. The SMILES string of the molecule is CCCCOCCCNC1CCNC1. The molecule has 0 spiro atoms. The lowest BCUT2D eigenvalue weighted by Gasteiger charge is -2.10. The summed E-state index contributed by atoms with van der Waals surface area (Å²) >= 11 is 0. The highest BCUT2D eigenvalue weighted by molar-refractivity contribution is 4.76. The Morgan fingerprint density at radius 3 is 2.93 bits per heavy atom. The van der Waals surface area contributed by atoms with E-state index in [0.29, 0.717) is 6.04 Å². The monoisotopic (exact) mass is 200 g/mol. The maximum absolute atomic E-state index is 5.48. The fourth-order valence-corrected chi connectivity index (χ4v) is 1.66. The maximum Gasteiger partial charge on any atom is 0.0478 e. The molecule has 84 valence electrons. The summed E-state index contributed by atoms with van der Waals surface area (Å²) in [5.41, 5.74) is 0. The van der Waals surface area contributed by atoms with Crippen LogP contribution in [-0.2, 0) is 4.74 Å². The van der Waals surface area contributed by atoms with E-state index in [1.54, 1.807) is 0 Å². The Hall–Kier alpha value is -0.120. The van der Waals surface area contributed by atoms with Gasteiger partial charge in [0.25, 0.3) is 0 Å². The Morgan fingerprint density at radius 2 is 2.21 bits per heavy atom. The summed E-state index contributed by atoms with van der Waals surface area (Å²) < 4.78 is 5.48. The molecule has 3 heteroatoms. The summed E-state index contributed by atoms with van der Waals surface area (Å²) in [6, 6.07) is 0.700. The molecule has 0 saturated carbocycles. The molecule has 0 aromatic rings. The first-order chi connectivity index (χ1) is 6.93. The Bertz CT molecular complexity index is 124. The molecule has 0 aromatic heterocycles.